The number of rotatable bonds is 8. The Morgan fingerprint density at radius 3 is 2.44 bits per heavy atom. The van der Waals surface area contributed by atoms with E-state index in [1.54, 1.807) is 40.5 Å². The molecular weight excluding hydrogens is 496 g/mol. The molecule has 2 amide bonds. The van der Waals surface area contributed by atoms with Crippen molar-refractivity contribution in [1.29, 1.82) is 0 Å². The maximum atomic E-state index is 12.7. The first-order valence-electron chi connectivity index (χ1n) is 13.7. The fourth-order valence-electron chi connectivity index (χ4n) is 4.91. The van der Waals surface area contributed by atoms with Crippen LogP contribution in [0.2, 0.25) is 0 Å². The van der Waals surface area contributed by atoms with Gasteiger partial charge in [0.1, 0.15) is 12.9 Å². The predicted molar refractivity (Wildman–Crippen MR) is 146 cm³/mol. The third-order valence-corrected chi connectivity index (χ3v) is 7.50. The van der Waals surface area contributed by atoms with Gasteiger partial charge in [0.2, 0.25) is 5.88 Å². The van der Waals surface area contributed by atoms with Crippen LogP contribution >= 0.6 is 0 Å². The van der Waals surface area contributed by atoms with Gasteiger partial charge in [0.15, 0.2) is 0 Å². The summed E-state index contributed by atoms with van der Waals surface area (Å²) in [5.41, 5.74) is 2.33. The van der Waals surface area contributed by atoms with Crippen LogP contribution in [0.3, 0.4) is 0 Å². The molecular formula is C29H36N6O4. The van der Waals surface area contributed by atoms with E-state index in [9.17, 15) is 9.59 Å². The minimum Gasteiger partial charge on any atom is -0.413 e. The van der Waals surface area contributed by atoms with Gasteiger partial charge in [0, 0.05) is 37.5 Å². The summed E-state index contributed by atoms with van der Waals surface area (Å²) in [6, 6.07) is 11.0. The largest absolute Gasteiger partial charge is 0.416 e. The van der Waals surface area contributed by atoms with E-state index in [1.807, 2.05) is 24.3 Å². The number of ether oxygens (including phenoxy) is 1. The number of carbonyl (C=O) groups excluding carboxylic acids is 2. The van der Waals surface area contributed by atoms with Gasteiger partial charge in [-0.05, 0) is 74.4 Å². The van der Waals surface area contributed by atoms with E-state index >= 15 is 0 Å². The number of likely N-dealkylation sites (tertiary alicyclic amines) is 2. The molecule has 10 heteroatoms. The summed E-state index contributed by atoms with van der Waals surface area (Å²) in [5, 5.41) is 2.85. The number of piperidine rings is 2. The molecule has 0 saturated carbocycles. The number of benzene rings is 1. The van der Waals surface area contributed by atoms with E-state index in [2.05, 4.69) is 27.1 Å². The van der Waals surface area contributed by atoms with Gasteiger partial charge in [-0.1, -0.05) is 19.1 Å². The lowest BCUT2D eigenvalue weighted by Gasteiger charge is -2.30. The number of nitrogens with one attached hydrogen (secondary N) is 1. The van der Waals surface area contributed by atoms with Crippen molar-refractivity contribution in [2.24, 2.45) is 11.8 Å². The molecule has 0 atom stereocenters. The van der Waals surface area contributed by atoms with E-state index in [1.165, 1.54) is 24.6 Å². The average Bonchev–Trinajstić information content (AvgIpc) is 3.49. The number of pyridine rings is 1. The Bertz CT molecular complexity index is 1200. The maximum absolute atomic E-state index is 12.7. The molecule has 0 spiro atoms. The number of hydrogen-bond acceptors (Lipinski definition) is 7. The Morgan fingerprint density at radius 1 is 1.00 bits per heavy atom. The van der Waals surface area contributed by atoms with Crippen molar-refractivity contribution in [1.82, 2.24) is 24.5 Å². The van der Waals surface area contributed by atoms with Crippen LogP contribution in [-0.2, 0) is 6.54 Å². The van der Waals surface area contributed by atoms with Crippen LogP contribution in [0.25, 0.3) is 0 Å². The molecule has 0 aliphatic carbocycles. The number of hydrogen-bond donors (Lipinski definition) is 1. The van der Waals surface area contributed by atoms with Gasteiger partial charge in [-0.3, -0.25) is 9.69 Å². The predicted octanol–water partition coefficient (Wildman–Crippen LogP) is 4.10. The molecule has 2 aliphatic rings. The maximum Gasteiger partial charge on any atom is 0.416 e. The summed E-state index contributed by atoms with van der Waals surface area (Å²) in [6.07, 6.45) is 10.3. The SMILES string of the molecule is CC1CCN(Cc2ccc(C(=O)Nc3ccc(OC(=O)N4CCC(COn5ccnc5)CC4)nc3)cc2)CC1. The summed E-state index contributed by atoms with van der Waals surface area (Å²) in [4.78, 5) is 43.2. The van der Waals surface area contributed by atoms with Gasteiger partial charge in [0.25, 0.3) is 5.91 Å². The lowest BCUT2D eigenvalue weighted by Crippen LogP contribution is -2.41. The topological polar surface area (TPSA) is 102 Å². The molecule has 2 saturated heterocycles. The van der Waals surface area contributed by atoms with Crippen LogP contribution in [0.5, 0.6) is 5.88 Å². The highest BCUT2D eigenvalue weighted by Gasteiger charge is 2.25. The molecule has 4 heterocycles. The number of imidazole rings is 1. The number of anilines is 1. The summed E-state index contributed by atoms with van der Waals surface area (Å²) < 4.78 is 7.04. The summed E-state index contributed by atoms with van der Waals surface area (Å²) in [6.45, 7) is 7.26. The normalized spacial score (nSPS) is 17.1. The molecule has 1 N–H and O–H groups in total. The quantitative estimate of drug-likeness (QED) is 0.466. The molecule has 206 valence electrons. The van der Waals surface area contributed by atoms with Crippen LogP contribution in [0.4, 0.5) is 10.5 Å². The van der Waals surface area contributed by atoms with Crippen molar-refractivity contribution < 1.29 is 19.2 Å². The molecule has 2 aromatic heterocycles. The van der Waals surface area contributed by atoms with Gasteiger partial charge in [-0.2, -0.15) is 4.73 Å². The monoisotopic (exact) mass is 532 g/mol. The van der Waals surface area contributed by atoms with Crippen LogP contribution < -0.4 is 14.9 Å². The van der Waals surface area contributed by atoms with Crippen LogP contribution in [0.1, 0.15) is 48.5 Å². The zero-order chi connectivity index (χ0) is 27.0. The van der Waals surface area contributed by atoms with Gasteiger partial charge in [0.05, 0.1) is 18.1 Å². The first-order chi connectivity index (χ1) is 19.0. The summed E-state index contributed by atoms with van der Waals surface area (Å²) in [7, 11) is 0. The Kier molecular flexibility index (Phi) is 8.72. The number of aromatic nitrogens is 3. The summed E-state index contributed by atoms with van der Waals surface area (Å²) >= 11 is 0. The summed E-state index contributed by atoms with van der Waals surface area (Å²) in [5.74, 6) is 1.16. The minimum atomic E-state index is -0.424. The highest BCUT2D eigenvalue weighted by molar-refractivity contribution is 6.04. The van der Waals surface area contributed by atoms with E-state index in [0.717, 1.165) is 38.4 Å². The van der Waals surface area contributed by atoms with E-state index in [0.29, 0.717) is 36.9 Å². The molecule has 0 bridgehead atoms. The second-order valence-electron chi connectivity index (χ2n) is 10.5. The zero-order valence-corrected chi connectivity index (χ0v) is 22.4. The molecule has 1 aromatic carbocycles. The Hall–Kier alpha value is -3.92. The van der Waals surface area contributed by atoms with E-state index < -0.39 is 6.09 Å². The fraction of sp³-hybridized carbons (Fsp3) is 0.448. The minimum absolute atomic E-state index is 0.194. The zero-order valence-electron chi connectivity index (χ0n) is 22.4. The first-order valence-corrected chi connectivity index (χ1v) is 13.7. The van der Waals surface area contributed by atoms with Crippen LogP contribution in [0, 0.1) is 11.8 Å². The molecule has 3 aromatic rings. The van der Waals surface area contributed by atoms with Gasteiger partial charge in [-0.25, -0.2) is 14.8 Å². The Balaban J connectivity index is 1.04. The van der Waals surface area contributed by atoms with Crippen molar-refractivity contribution in [2.75, 3.05) is 38.1 Å². The highest BCUT2D eigenvalue weighted by Crippen LogP contribution is 2.20. The van der Waals surface area contributed by atoms with Gasteiger partial charge >= 0.3 is 6.09 Å². The molecule has 0 unspecified atom stereocenters. The average molecular weight is 533 g/mol. The second kappa shape index (κ2) is 12.8. The van der Waals surface area contributed by atoms with Crippen molar-refractivity contribution >= 4 is 17.7 Å². The molecule has 10 nitrogen and oxygen atoms in total. The third-order valence-electron chi connectivity index (χ3n) is 7.50. The smallest absolute Gasteiger partial charge is 0.413 e. The molecule has 0 radical (unpaired) electrons. The second-order valence-corrected chi connectivity index (χ2v) is 10.5. The number of nitrogens with zero attached hydrogens (tertiary/aromatic N) is 5. The first kappa shape index (κ1) is 26.7. The number of carbonyl (C=O) groups is 2. The number of amides is 2. The lowest BCUT2D eigenvalue weighted by atomic mass is 9.98. The molecule has 39 heavy (non-hydrogen) atoms. The molecule has 2 aliphatic heterocycles. The van der Waals surface area contributed by atoms with Crippen molar-refractivity contribution in [3.63, 3.8) is 0 Å². The van der Waals surface area contributed by atoms with E-state index in [-0.39, 0.29) is 11.8 Å². The van der Waals surface area contributed by atoms with Gasteiger partial charge < -0.3 is 19.8 Å². The fourth-order valence-corrected chi connectivity index (χ4v) is 4.91. The third kappa shape index (κ3) is 7.57. The van der Waals surface area contributed by atoms with Crippen LogP contribution in [-0.4, -0.2) is 69.3 Å². The lowest BCUT2D eigenvalue weighted by molar-refractivity contribution is 0.0540. The Labute approximate surface area is 228 Å². The van der Waals surface area contributed by atoms with Crippen molar-refractivity contribution in [3.8, 4) is 5.88 Å². The Morgan fingerprint density at radius 2 is 1.77 bits per heavy atom. The van der Waals surface area contributed by atoms with Gasteiger partial charge in [-0.15, -0.1) is 0 Å². The van der Waals surface area contributed by atoms with Crippen LogP contribution in [0.15, 0.2) is 61.3 Å². The molecule has 5 rings (SSSR count). The highest BCUT2D eigenvalue weighted by atomic mass is 16.7. The standard InChI is InChI=1S/C29H36N6O4/c1-22-8-13-33(14-9-22)19-23-2-4-25(5-3-23)28(36)32-26-6-7-27(31-18-26)39-29(37)34-15-10-24(11-16-34)20-38-35-17-12-30-21-35/h2-7,12,17-18,21-22,24H,8-11,13-16,19-20H2,1H3,(H,32,36). The van der Waals surface area contributed by atoms with Crippen molar-refractivity contribution in [2.45, 2.75) is 39.2 Å². The van der Waals surface area contributed by atoms with E-state index in [4.69, 9.17) is 9.57 Å². The molecule has 2 fully saturated rings. The van der Waals surface area contributed by atoms with Crippen molar-refractivity contribution in [3.05, 3.63) is 72.4 Å².